The Morgan fingerprint density at radius 1 is 1.36 bits per heavy atom. The van der Waals surface area contributed by atoms with E-state index >= 15 is 0 Å². The monoisotopic (exact) mass is 157 g/mol. The van der Waals surface area contributed by atoms with Crippen LogP contribution in [0.25, 0.3) is 0 Å². The molecule has 1 saturated heterocycles. The van der Waals surface area contributed by atoms with Crippen LogP contribution >= 0.6 is 0 Å². The molecule has 2 heteroatoms. The Balaban J connectivity index is 0.000000461. The topological polar surface area (TPSA) is 20.3 Å². The summed E-state index contributed by atoms with van der Waals surface area (Å²) in [5, 5.41) is 0. The number of nitrogens with zero attached hydrogens (tertiary/aromatic N) is 1. The number of carbonyl (C=O) groups is 1. The first-order valence-electron chi connectivity index (χ1n) is 4.55. The van der Waals surface area contributed by atoms with Gasteiger partial charge in [-0.1, -0.05) is 13.8 Å². The van der Waals surface area contributed by atoms with Gasteiger partial charge in [-0.25, -0.2) is 0 Å². The molecule has 0 radical (unpaired) electrons. The van der Waals surface area contributed by atoms with Crippen molar-refractivity contribution in [1.29, 1.82) is 0 Å². The van der Waals surface area contributed by atoms with E-state index in [1.807, 2.05) is 18.7 Å². The summed E-state index contributed by atoms with van der Waals surface area (Å²) in [7, 11) is 0. The van der Waals surface area contributed by atoms with Gasteiger partial charge in [-0.05, 0) is 26.2 Å². The molecule has 0 bridgehead atoms. The van der Waals surface area contributed by atoms with Crippen molar-refractivity contribution in [3.63, 3.8) is 0 Å². The second kappa shape index (κ2) is 6.20. The van der Waals surface area contributed by atoms with Crippen LogP contribution in [-0.4, -0.2) is 23.9 Å². The van der Waals surface area contributed by atoms with Gasteiger partial charge in [0.1, 0.15) is 0 Å². The lowest BCUT2D eigenvalue weighted by Crippen LogP contribution is -2.35. The first kappa shape index (κ1) is 10.5. The third-order valence-corrected chi connectivity index (χ3v) is 1.99. The van der Waals surface area contributed by atoms with E-state index in [4.69, 9.17) is 0 Å². The van der Waals surface area contributed by atoms with E-state index in [-0.39, 0.29) is 0 Å². The SMILES string of the molecule is CC.CC1CCCCN1C=O. The van der Waals surface area contributed by atoms with E-state index in [1.165, 1.54) is 19.3 Å². The van der Waals surface area contributed by atoms with Crippen molar-refractivity contribution in [2.45, 2.75) is 46.1 Å². The van der Waals surface area contributed by atoms with Gasteiger partial charge in [0.25, 0.3) is 0 Å². The Bertz CT molecular complexity index is 104. The van der Waals surface area contributed by atoms with Crippen LogP contribution in [0.1, 0.15) is 40.0 Å². The number of piperidine rings is 1. The zero-order chi connectivity index (χ0) is 8.69. The minimum absolute atomic E-state index is 0.483. The molecular weight excluding hydrogens is 138 g/mol. The van der Waals surface area contributed by atoms with E-state index in [2.05, 4.69) is 6.92 Å². The Morgan fingerprint density at radius 3 is 2.36 bits per heavy atom. The number of likely N-dealkylation sites (tertiary alicyclic amines) is 1. The van der Waals surface area contributed by atoms with Gasteiger partial charge in [-0.15, -0.1) is 0 Å². The lowest BCUT2D eigenvalue weighted by atomic mass is 10.1. The zero-order valence-electron chi connectivity index (χ0n) is 7.84. The van der Waals surface area contributed by atoms with Gasteiger partial charge < -0.3 is 4.90 Å². The summed E-state index contributed by atoms with van der Waals surface area (Å²) in [5.74, 6) is 0. The molecule has 1 aliphatic rings. The summed E-state index contributed by atoms with van der Waals surface area (Å²) in [4.78, 5) is 12.2. The average Bonchev–Trinajstić information content (AvgIpc) is 2.09. The lowest BCUT2D eigenvalue weighted by molar-refractivity contribution is -0.120. The first-order chi connectivity index (χ1) is 5.34. The molecule has 1 amide bonds. The molecule has 1 fully saturated rings. The van der Waals surface area contributed by atoms with Gasteiger partial charge in [0.05, 0.1) is 0 Å². The Hall–Kier alpha value is -0.530. The van der Waals surface area contributed by atoms with Gasteiger partial charge in [-0.2, -0.15) is 0 Å². The van der Waals surface area contributed by atoms with E-state index in [1.54, 1.807) is 0 Å². The fraction of sp³-hybridized carbons (Fsp3) is 0.889. The number of carbonyl (C=O) groups excluding carboxylic acids is 1. The fourth-order valence-electron chi connectivity index (χ4n) is 1.28. The van der Waals surface area contributed by atoms with Gasteiger partial charge in [0.2, 0.25) is 6.41 Å². The molecule has 0 aromatic carbocycles. The highest BCUT2D eigenvalue weighted by Crippen LogP contribution is 2.13. The van der Waals surface area contributed by atoms with Crippen molar-refractivity contribution < 1.29 is 4.79 Å². The molecule has 0 N–H and O–H groups in total. The highest BCUT2D eigenvalue weighted by Gasteiger charge is 2.14. The quantitative estimate of drug-likeness (QED) is 0.533. The van der Waals surface area contributed by atoms with Crippen LogP contribution in [0.3, 0.4) is 0 Å². The molecule has 0 aliphatic carbocycles. The summed E-state index contributed by atoms with van der Waals surface area (Å²) in [6.07, 6.45) is 4.61. The molecule has 2 nitrogen and oxygen atoms in total. The Kier molecular flexibility index (Phi) is 5.90. The molecular formula is C9H19NO. The van der Waals surface area contributed by atoms with Crippen LogP contribution < -0.4 is 0 Å². The maximum Gasteiger partial charge on any atom is 0.209 e. The maximum atomic E-state index is 10.3. The summed E-state index contributed by atoms with van der Waals surface area (Å²) >= 11 is 0. The predicted molar refractivity (Wildman–Crippen MR) is 47.4 cm³/mol. The van der Waals surface area contributed by atoms with Crippen molar-refractivity contribution in [2.75, 3.05) is 6.54 Å². The third kappa shape index (κ3) is 3.40. The van der Waals surface area contributed by atoms with E-state index < -0.39 is 0 Å². The first-order valence-corrected chi connectivity index (χ1v) is 4.55. The van der Waals surface area contributed by atoms with E-state index in [9.17, 15) is 4.79 Å². The highest BCUT2D eigenvalue weighted by atomic mass is 16.1. The summed E-state index contributed by atoms with van der Waals surface area (Å²) < 4.78 is 0. The van der Waals surface area contributed by atoms with Crippen molar-refractivity contribution in [3.05, 3.63) is 0 Å². The van der Waals surface area contributed by atoms with Crippen molar-refractivity contribution >= 4 is 6.41 Å². The molecule has 1 atom stereocenters. The third-order valence-electron chi connectivity index (χ3n) is 1.99. The number of rotatable bonds is 1. The van der Waals surface area contributed by atoms with Crippen LogP contribution in [-0.2, 0) is 4.79 Å². The van der Waals surface area contributed by atoms with Crippen molar-refractivity contribution in [2.24, 2.45) is 0 Å². The zero-order valence-corrected chi connectivity index (χ0v) is 7.84. The van der Waals surface area contributed by atoms with Gasteiger partial charge in [0.15, 0.2) is 0 Å². The molecule has 11 heavy (non-hydrogen) atoms. The minimum Gasteiger partial charge on any atom is -0.343 e. The minimum atomic E-state index is 0.483. The fourth-order valence-corrected chi connectivity index (χ4v) is 1.28. The Morgan fingerprint density at radius 2 is 2.00 bits per heavy atom. The molecule has 0 aromatic heterocycles. The summed E-state index contributed by atoms with van der Waals surface area (Å²) in [6, 6.07) is 0.483. The molecule has 1 heterocycles. The summed E-state index contributed by atoms with van der Waals surface area (Å²) in [5.41, 5.74) is 0. The molecule has 1 unspecified atom stereocenters. The Labute approximate surface area is 69.6 Å². The number of hydrogen-bond donors (Lipinski definition) is 0. The molecule has 66 valence electrons. The standard InChI is InChI=1S/C7H13NO.C2H6/c1-7-4-2-3-5-8(7)6-9;1-2/h6-7H,2-5H2,1H3;1-2H3. The van der Waals surface area contributed by atoms with Crippen LogP contribution in [0.5, 0.6) is 0 Å². The van der Waals surface area contributed by atoms with Crippen molar-refractivity contribution in [3.8, 4) is 0 Å². The van der Waals surface area contributed by atoms with Crippen molar-refractivity contribution in [1.82, 2.24) is 4.90 Å². The maximum absolute atomic E-state index is 10.3. The van der Waals surface area contributed by atoms with E-state index in [0.717, 1.165) is 13.0 Å². The molecule has 1 aliphatic heterocycles. The van der Waals surface area contributed by atoms with Crippen LogP contribution in [0.4, 0.5) is 0 Å². The highest BCUT2D eigenvalue weighted by molar-refractivity contribution is 5.47. The van der Waals surface area contributed by atoms with Crippen LogP contribution in [0.15, 0.2) is 0 Å². The smallest absolute Gasteiger partial charge is 0.209 e. The van der Waals surface area contributed by atoms with Gasteiger partial charge >= 0.3 is 0 Å². The normalized spacial score (nSPS) is 23.5. The van der Waals surface area contributed by atoms with Gasteiger partial charge in [-0.3, -0.25) is 4.79 Å². The predicted octanol–water partition coefficient (Wildman–Crippen LogP) is 2.04. The summed E-state index contributed by atoms with van der Waals surface area (Å²) in [6.45, 7) is 7.07. The van der Waals surface area contributed by atoms with Gasteiger partial charge in [0, 0.05) is 12.6 Å². The van der Waals surface area contributed by atoms with E-state index in [0.29, 0.717) is 6.04 Å². The molecule has 0 aromatic rings. The average molecular weight is 157 g/mol. The lowest BCUT2D eigenvalue weighted by Gasteiger charge is -2.29. The number of hydrogen-bond acceptors (Lipinski definition) is 1. The number of amides is 1. The molecule has 0 spiro atoms. The second-order valence-corrected chi connectivity index (χ2v) is 2.69. The largest absolute Gasteiger partial charge is 0.343 e. The molecule has 1 rings (SSSR count). The second-order valence-electron chi connectivity index (χ2n) is 2.69. The van der Waals surface area contributed by atoms with Crippen LogP contribution in [0.2, 0.25) is 0 Å². The van der Waals surface area contributed by atoms with Crippen LogP contribution in [0, 0.1) is 0 Å². The molecule has 0 saturated carbocycles.